The molecule has 1 saturated heterocycles. The zero-order valence-corrected chi connectivity index (χ0v) is 8.51. The van der Waals surface area contributed by atoms with Crippen molar-refractivity contribution < 1.29 is 18.3 Å². The Morgan fingerprint density at radius 3 is 3.00 bits per heavy atom. The maximum absolute atomic E-state index is 11.7. The average Bonchev–Trinajstić information content (AvgIpc) is 2.07. The van der Waals surface area contributed by atoms with E-state index in [1.807, 2.05) is 0 Å². The predicted molar refractivity (Wildman–Crippen MR) is 45.6 cm³/mol. The first-order valence-corrected chi connectivity index (χ1v) is 5.90. The van der Waals surface area contributed by atoms with Crippen LogP contribution >= 0.6 is 19.2 Å². The molecule has 6 heteroatoms. The van der Waals surface area contributed by atoms with Gasteiger partial charge in [0.1, 0.15) is 0 Å². The molecule has 2 atom stereocenters. The van der Waals surface area contributed by atoms with E-state index in [9.17, 15) is 4.57 Å². The van der Waals surface area contributed by atoms with Crippen LogP contribution in [0.1, 0.15) is 6.92 Å². The number of hydrogen-bond acceptors (Lipinski definition) is 4. The van der Waals surface area contributed by atoms with Crippen LogP contribution in [-0.2, 0) is 18.3 Å². The molecule has 0 bridgehead atoms. The minimum absolute atomic E-state index is 0.229. The van der Waals surface area contributed by atoms with Crippen molar-refractivity contribution in [3.05, 3.63) is 0 Å². The van der Waals surface area contributed by atoms with Gasteiger partial charge in [-0.3, -0.25) is 4.57 Å². The highest BCUT2D eigenvalue weighted by Gasteiger charge is 2.36. The first-order valence-electron chi connectivity index (χ1n) is 3.75. The quantitative estimate of drug-likeness (QED) is 0.531. The highest BCUT2D eigenvalue weighted by Crippen LogP contribution is 2.54. The van der Waals surface area contributed by atoms with Gasteiger partial charge in [0.15, 0.2) is 5.85 Å². The van der Waals surface area contributed by atoms with Gasteiger partial charge in [0.25, 0.3) is 0 Å². The minimum Gasteiger partial charge on any atom is -0.363 e. The van der Waals surface area contributed by atoms with E-state index < -0.39 is 13.4 Å². The molecule has 1 rings (SSSR count). The Hall–Kier alpha value is 0.400. The van der Waals surface area contributed by atoms with Crippen LogP contribution in [0.15, 0.2) is 0 Å². The van der Waals surface area contributed by atoms with Crippen LogP contribution < -0.4 is 0 Å². The molecule has 0 aliphatic carbocycles. The minimum atomic E-state index is -3.03. The van der Waals surface area contributed by atoms with Crippen LogP contribution in [-0.4, -0.2) is 31.5 Å². The molecule has 0 aromatic heterocycles. The highest BCUT2D eigenvalue weighted by molar-refractivity contribution is 7.54. The molecule has 4 nitrogen and oxygen atoms in total. The van der Waals surface area contributed by atoms with E-state index in [-0.39, 0.29) is 6.61 Å². The van der Waals surface area contributed by atoms with Crippen LogP contribution in [0.25, 0.3) is 0 Å². The van der Waals surface area contributed by atoms with Gasteiger partial charge >= 0.3 is 7.60 Å². The zero-order valence-electron chi connectivity index (χ0n) is 6.86. The van der Waals surface area contributed by atoms with Crippen LogP contribution in [0.5, 0.6) is 0 Å². The fourth-order valence-electron chi connectivity index (χ4n) is 0.883. The first kappa shape index (κ1) is 10.5. The molecule has 0 N–H and O–H groups in total. The molecule has 0 aromatic rings. The Bertz CT molecular complexity index is 186. The Balaban J connectivity index is 2.48. The fourth-order valence-corrected chi connectivity index (χ4v) is 2.53. The van der Waals surface area contributed by atoms with Gasteiger partial charge < -0.3 is 13.8 Å². The second-order valence-corrected chi connectivity index (χ2v) is 5.07. The Morgan fingerprint density at radius 2 is 2.42 bits per heavy atom. The summed E-state index contributed by atoms with van der Waals surface area (Å²) in [7, 11) is -3.03. The van der Waals surface area contributed by atoms with Gasteiger partial charge in [-0.1, -0.05) is 0 Å². The summed E-state index contributed by atoms with van der Waals surface area (Å²) in [6.45, 7) is 2.69. The molecule has 12 heavy (non-hydrogen) atoms. The lowest BCUT2D eigenvalue weighted by Crippen LogP contribution is -2.22. The standard InChI is InChI=1S/C6H12ClO4P/c1-6-9-4-5-11-12(6,8)10-3-2-7/h6H,2-5H2,1H3/t6-,12+/m1/s1. The topological polar surface area (TPSA) is 44.8 Å². The van der Waals surface area contributed by atoms with Crippen molar-refractivity contribution in [3.63, 3.8) is 0 Å². The summed E-state index contributed by atoms with van der Waals surface area (Å²) >= 11 is 5.39. The van der Waals surface area contributed by atoms with Crippen LogP contribution in [0.4, 0.5) is 0 Å². The van der Waals surface area contributed by atoms with Gasteiger partial charge in [-0.25, -0.2) is 0 Å². The van der Waals surface area contributed by atoms with E-state index in [1.54, 1.807) is 6.92 Å². The summed E-state index contributed by atoms with van der Waals surface area (Å²) in [4.78, 5) is 0. The predicted octanol–water partition coefficient (Wildman–Crippen LogP) is 1.83. The Labute approximate surface area is 76.7 Å². The van der Waals surface area contributed by atoms with E-state index in [1.165, 1.54) is 0 Å². The molecule has 0 unspecified atom stereocenters. The zero-order chi connectivity index (χ0) is 9.03. The largest absolute Gasteiger partial charge is 0.363 e. The molecule has 1 heterocycles. The molecule has 0 radical (unpaired) electrons. The molecular formula is C6H12ClO4P. The Kier molecular flexibility index (Phi) is 4.00. The van der Waals surface area contributed by atoms with E-state index in [4.69, 9.17) is 25.4 Å². The summed E-state index contributed by atoms with van der Waals surface area (Å²) in [5.41, 5.74) is 0. The van der Waals surface area contributed by atoms with Crippen molar-refractivity contribution in [2.45, 2.75) is 12.8 Å². The SMILES string of the molecule is C[C@@H]1OCCO[P@@]1(=O)OCCCl. The van der Waals surface area contributed by atoms with Crippen LogP contribution in [0.3, 0.4) is 0 Å². The van der Waals surface area contributed by atoms with Gasteiger partial charge in [-0.15, -0.1) is 11.6 Å². The van der Waals surface area contributed by atoms with Crippen molar-refractivity contribution >= 4 is 19.2 Å². The number of alkyl halides is 1. The summed E-state index contributed by atoms with van der Waals surface area (Å²) in [5, 5.41) is 0. The molecule has 0 saturated carbocycles. The van der Waals surface area contributed by atoms with Gasteiger partial charge in [0.05, 0.1) is 19.8 Å². The lowest BCUT2D eigenvalue weighted by atomic mass is 10.7. The molecule has 72 valence electrons. The van der Waals surface area contributed by atoms with Crippen molar-refractivity contribution in [2.75, 3.05) is 25.7 Å². The number of hydrogen-bond donors (Lipinski definition) is 0. The summed E-state index contributed by atoms with van der Waals surface area (Å²) in [5.74, 6) is -0.172. The second-order valence-electron chi connectivity index (χ2n) is 2.37. The lowest BCUT2D eigenvalue weighted by molar-refractivity contribution is 0.0197. The first-order chi connectivity index (χ1) is 5.69. The van der Waals surface area contributed by atoms with Crippen molar-refractivity contribution in [1.82, 2.24) is 0 Å². The summed E-state index contributed by atoms with van der Waals surface area (Å²) < 4.78 is 26.9. The maximum Gasteiger partial charge on any atom is 0.358 e. The Morgan fingerprint density at radius 1 is 1.67 bits per heavy atom. The fraction of sp³-hybridized carbons (Fsp3) is 1.00. The molecule has 0 spiro atoms. The van der Waals surface area contributed by atoms with Gasteiger partial charge in [0, 0.05) is 5.88 Å². The smallest absolute Gasteiger partial charge is 0.358 e. The van der Waals surface area contributed by atoms with Crippen molar-refractivity contribution in [3.8, 4) is 0 Å². The molecule has 1 fully saturated rings. The summed E-state index contributed by atoms with van der Waals surface area (Å²) in [6, 6.07) is 0. The second kappa shape index (κ2) is 4.58. The molecule has 1 aliphatic heterocycles. The summed E-state index contributed by atoms with van der Waals surface area (Å²) in [6.07, 6.45) is 0. The number of ether oxygens (including phenoxy) is 1. The lowest BCUT2D eigenvalue weighted by Gasteiger charge is -2.28. The van der Waals surface area contributed by atoms with E-state index in [0.717, 1.165) is 0 Å². The highest BCUT2D eigenvalue weighted by atomic mass is 35.5. The number of halogens is 1. The van der Waals surface area contributed by atoms with Gasteiger partial charge in [-0.05, 0) is 6.92 Å². The molecule has 1 aliphatic rings. The van der Waals surface area contributed by atoms with Gasteiger partial charge in [0.2, 0.25) is 0 Å². The third-order valence-electron chi connectivity index (χ3n) is 1.51. The molecule has 0 amide bonds. The van der Waals surface area contributed by atoms with E-state index in [2.05, 4.69) is 0 Å². The van der Waals surface area contributed by atoms with Crippen molar-refractivity contribution in [2.24, 2.45) is 0 Å². The van der Waals surface area contributed by atoms with Crippen LogP contribution in [0.2, 0.25) is 0 Å². The monoisotopic (exact) mass is 214 g/mol. The van der Waals surface area contributed by atoms with E-state index >= 15 is 0 Å². The molecular weight excluding hydrogens is 202 g/mol. The third-order valence-corrected chi connectivity index (χ3v) is 3.79. The average molecular weight is 215 g/mol. The third kappa shape index (κ3) is 2.44. The normalized spacial score (nSPS) is 36.7. The van der Waals surface area contributed by atoms with Crippen LogP contribution in [0, 0.1) is 0 Å². The molecule has 0 aromatic carbocycles. The van der Waals surface area contributed by atoms with E-state index in [0.29, 0.717) is 19.1 Å². The number of rotatable bonds is 3. The van der Waals surface area contributed by atoms with Crippen molar-refractivity contribution in [1.29, 1.82) is 0 Å². The maximum atomic E-state index is 11.7. The van der Waals surface area contributed by atoms with Gasteiger partial charge in [-0.2, -0.15) is 0 Å².